The van der Waals surface area contributed by atoms with Gasteiger partial charge < -0.3 is 5.32 Å². The maximum absolute atomic E-state index is 11.4. The predicted molar refractivity (Wildman–Crippen MR) is 77.9 cm³/mol. The Bertz CT molecular complexity index is 734. The number of nitrogens with one attached hydrogen (secondary N) is 1. The van der Waals surface area contributed by atoms with Crippen molar-refractivity contribution in [2.75, 3.05) is 5.75 Å². The van der Waals surface area contributed by atoms with Crippen molar-refractivity contribution in [1.29, 1.82) is 0 Å². The molecule has 0 aromatic carbocycles. The van der Waals surface area contributed by atoms with E-state index in [2.05, 4.69) is 16.4 Å². The van der Waals surface area contributed by atoms with Crippen LogP contribution in [0.5, 0.6) is 0 Å². The summed E-state index contributed by atoms with van der Waals surface area (Å²) < 4.78 is 23.9. The molecule has 3 rings (SSSR count). The Balaban J connectivity index is 1.77. The van der Waals surface area contributed by atoms with E-state index in [1.807, 2.05) is 24.6 Å². The van der Waals surface area contributed by atoms with Crippen LogP contribution in [0.1, 0.15) is 18.5 Å². The van der Waals surface area contributed by atoms with Crippen LogP contribution in [0, 0.1) is 0 Å². The summed E-state index contributed by atoms with van der Waals surface area (Å²) >= 11 is 1.66. The maximum atomic E-state index is 11.4. The van der Waals surface area contributed by atoms with E-state index in [1.165, 1.54) is 5.41 Å². The lowest BCUT2D eigenvalue weighted by atomic mass is 10.1. The van der Waals surface area contributed by atoms with Crippen molar-refractivity contribution in [1.82, 2.24) is 10.3 Å². The molecule has 0 aliphatic carbocycles. The minimum Gasteiger partial charge on any atom is -0.303 e. The molecular formula is C13H14N2O2S2. The fraction of sp³-hybridized carbons (Fsp3) is 0.308. The Hall–Kier alpha value is -1.24. The third-order valence-corrected chi connectivity index (χ3v) is 5.47. The molecule has 0 radical (unpaired) electrons. The monoisotopic (exact) mass is 294 g/mol. The second-order valence-electron chi connectivity index (χ2n) is 4.73. The molecule has 2 aromatic heterocycles. The lowest BCUT2D eigenvalue weighted by Crippen LogP contribution is -2.32. The van der Waals surface area contributed by atoms with E-state index < -0.39 is 9.84 Å². The quantitative estimate of drug-likeness (QED) is 0.943. The van der Waals surface area contributed by atoms with E-state index in [0.717, 1.165) is 15.8 Å². The molecule has 2 aromatic rings. The number of aromatic nitrogens is 1. The van der Waals surface area contributed by atoms with Gasteiger partial charge in [-0.15, -0.1) is 11.3 Å². The third-order valence-electron chi connectivity index (χ3n) is 3.22. The number of pyridine rings is 1. The van der Waals surface area contributed by atoms with Gasteiger partial charge in [0.25, 0.3) is 0 Å². The molecule has 19 heavy (non-hydrogen) atoms. The SMILES string of the molecule is CC(NC1C=CS(=O)(=O)C1)c1cnc2ccsc2c1. The first-order valence-electron chi connectivity index (χ1n) is 6.04. The standard InChI is InChI=1S/C13H14N2O2S2/c1-9(15-11-3-5-19(16,17)8-11)10-6-13-12(14-7-10)2-4-18-13/h2-7,9,11,15H,8H2,1H3. The average Bonchev–Trinajstić information content (AvgIpc) is 2.94. The number of nitrogens with zero attached hydrogens (tertiary/aromatic N) is 1. The van der Waals surface area contributed by atoms with Crippen LogP contribution in [0.3, 0.4) is 0 Å². The number of thiophene rings is 1. The van der Waals surface area contributed by atoms with E-state index in [-0.39, 0.29) is 17.8 Å². The van der Waals surface area contributed by atoms with Crippen LogP contribution in [0.2, 0.25) is 0 Å². The lowest BCUT2D eigenvalue weighted by molar-refractivity contribution is 0.534. The smallest absolute Gasteiger partial charge is 0.173 e. The summed E-state index contributed by atoms with van der Waals surface area (Å²) in [4.78, 5) is 4.40. The first-order chi connectivity index (χ1) is 9.03. The summed E-state index contributed by atoms with van der Waals surface area (Å²) in [6.45, 7) is 2.02. The first kappa shape index (κ1) is 12.8. The predicted octanol–water partition coefficient (Wildman–Crippen LogP) is 2.26. The first-order valence-corrected chi connectivity index (χ1v) is 8.63. The molecule has 2 unspecified atom stereocenters. The summed E-state index contributed by atoms with van der Waals surface area (Å²) in [7, 11) is -3.01. The molecule has 3 heterocycles. The Morgan fingerprint density at radius 1 is 1.53 bits per heavy atom. The fourth-order valence-corrected chi connectivity index (χ4v) is 4.23. The largest absolute Gasteiger partial charge is 0.303 e. The highest BCUT2D eigenvalue weighted by Gasteiger charge is 2.23. The van der Waals surface area contributed by atoms with Gasteiger partial charge in [-0.25, -0.2) is 8.42 Å². The van der Waals surface area contributed by atoms with Crippen molar-refractivity contribution >= 4 is 31.4 Å². The van der Waals surface area contributed by atoms with E-state index in [4.69, 9.17) is 0 Å². The van der Waals surface area contributed by atoms with Gasteiger partial charge in [0.2, 0.25) is 0 Å². The number of fused-ring (bicyclic) bond motifs is 1. The Morgan fingerprint density at radius 2 is 2.37 bits per heavy atom. The zero-order chi connectivity index (χ0) is 13.5. The van der Waals surface area contributed by atoms with Crippen molar-refractivity contribution in [3.05, 3.63) is 40.8 Å². The summed E-state index contributed by atoms with van der Waals surface area (Å²) in [6.07, 6.45) is 3.56. The van der Waals surface area contributed by atoms with Gasteiger partial charge in [-0.1, -0.05) is 6.08 Å². The van der Waals surface area contributed by atoms with Gasteiger partial charge in [0, 0.05) is 23.7 Å². The molecule has 1 aliphatic heterocycles. The van der Waals surface area contributed by atoms with E-state index in [1.54, 1.807) is 17.4 Å². The Morgan fingerprint density at radius 3 is 3.11 bits per heavy atom. The molecule has 0 fully saturated rings. The van der Waals surface area contributed by atoms with Gasteiger partial charge in [-0.2, -0.15) is 0 Å². The van der Waals surface area contributed by atoms with Gasteiger partial charge in [-0.3, -0.25) is 4.98 Å². The molecule has 4 nitrogen and oxygen atoms in total. The molecule has 100 valence electrons. The minimum atomic E-state index is -3.01. The van der Waals surface area contributed by atoms with Crippen molar-refractivity contribution in [2.24, 2.45) is 0 Å². The van der Waals surface area contributed by atoms with Crippen LogP contribution in [0.15, 0.2) is 35.2 Å². The minimum absolute atomic E-state index is 0.0712. The van der Waals surface area contributed by atoms with Crippen LogP contribution in [0.4, 0.5) is 0 Å². The topological polar surface area (TPSA) is 59.1 Å². The van der Waals surface area contributed by atoms with E-state index in [0.29, 0.717) is 0 Å². The second-order valence-corrected chi connectivity index (χ2v) is 7.60. The van der Waals surface area contributed by atoms with E-state index >= 15 is 0 Å². The van der Waals surface area contributed by atoms with Crippen LogP contribution in [0.25, 0.3) is 10.2 Å². The van der Waals surface area contributed by atoms with Crippen molar-refractivity contribution in [3.63, 3.8) is 0 Å². The fourth-order valence-electron chi connectivity index (χ4n) is 2.20. The molecule has 1 N–H and O–H groups in total. The zero-order valence-corrected chi connectivity index (χ0v) is 12.0. The number of sulfone groups is 1. The van der Waals surface area contributed by atoms with Crippen LogP contribution in [-0.4, -0.2) is 25.2 Å². The molecule has 0 spiro atoms. The van der Waals surface area contributed by atoms with Gasteiger partial charge >= 0.3 is 0 Å². The van der Waals surface area contributed by atoms with Crippen molar-refractivity contribution in [2.45, 2.75) is 19.0 Å². The molecule has 6 heteroatoms. The Labute approximate surface area is 116 Å². The third kappa shape index (κ3) is 2.70. The number of hydrogen-bond acceptors (Lipinski definition) is 5. The van der Waals surface area contributed by atoms with Crippen LogP contribution in [-0.2, 0) is 9.84 Å². The van der Waals surface area contributed by atoms with Gasteiger partial charge in [0.15, 0.2) is 9.84 Å². The molecule has 2 atom stereocenters. The zero-order valence-electron chi connectivity index (χ0n) is 10.4. The van der Waals surface area contributed by atoms with E-state index in [9.17, 15) is 8.42 Å². The van der Waals surface area contributed by atoms with Crippen molar-refractivity contribution in [3.8, 4) is 0 Å². The summed E-state index contributed by atoms with van der Waals surface area (Å²) in [5, 5.41) is 6.62. The molecule has 0 saturated heterocycles. The summed E-state index contributed by atoms with van der Waals surface area (Å²) in [6, 6.07) is 4.06. The highest BCUT2D eigenvalue weighted by atomic mass is 32.2. The highest BCUT2D eigenvalue weighted by molar-refractivity contribution is 7.94. The summed E-state index contributed by atoms with van der Waals surface area (Å²) in [5.74, 6) is 0.145. The molecule has 1 aliphatic rings. The second kappa shape index (κ2) is 4.70. The van der Waals surface area contributed by atoms with Gasteiger partial charge in [-0.05, 0) is 30.0 Å². The van der Waals surface area contributed by atoms with Crippen LogP contribution < -0.4 is 5.32 Å². The number of rotatable bonds is 3. The highest BCUT2D eigenvalue weighted by Crippen LogP contribution is 2.23. The van der Waals surface area contributed by atoms with Gasteiger partial charge in [0.05, 0.1) is 16.0 Å². The average molecular weight is 294 g/mol. The number of hydrogen-bond donors (Lipinski definition) is 1. The van der Waals surface area contributed by atoms with Crippen LogP contribution >= 0.6 is 11.3 Å². The van der Waals surface area contributed by atoms with Gasteiger partial charge in [0.1, 0.15) is 0 Å². The molecular weight excluding hydrogens is 280 g/mol. The van der Waals surface area contributed by atoms with Crippen molar-refractivity contribution < 1.29 is 8.42 Å². The molecule has 0 bridgehead atoms. The Kier molecular flexibility index (Phi) is 3.16. The normalized spacial score (nSPS) is 22.9. The molecule has 0 amide bonds. The molecule has 0 saturated carbocycles. The lowest BCUT2D eigenvalue weighted by Gasteiger charge is -2.17. The summed E-state index contributed by atoms with van der Waals surface area (Å²) in [5.41, 5.74) is 2.08. The maximum Gasteiger partial charge on any atom is 0.173 e.